The summed E-state index contributed by atoms with van der Waals surface area (Å²) in [6.07, 6.45) is 12.5. The molecule has 0 bridgehead atoms. The van der Waals surface area contributed by atoms with E-state index in [1.807, 2.05) is 36.4 Å². The van der Waals surface area contributed by atoms with Gasteiger partial charge in [-0.25, -0.2) is 0 Å². The van der Waals surface area contributed by atoms with E-state index in [-0.39, 0.29) is 30.7 Å². The lowest BCUT2D eigenvalue weighted by Gasteiger charge is -2.19. The van der Waals surface area contributed by atoms with Gasteiger partial charge in [0, 0.05) is 67.9 Å². The molecule has 0 amide bonds. The van der Waals surface area contributed by atoms with Gasteiger partial charge in [0.1, 0.15) is 0 Å². The van der Waals surface area contributed by atoms with E-state index in [9.17, 15) is 28.8 Å². The van der Waals surface area contributed by atoms with Crippen LogP contribution in [0.25, 0.3) is 32.3 Å². The number of carbonyl (C=O) groups excluding carboxylic acids is 6. The van der Waals surface area contributed by atoms with E-state index in [0.717, 1.165) is 109 Å². The van der Waals surface area contributed by atoms with Crippen molar-refractivity contribution in [2.24, 2.45) is 0 Å². The lowest BCUT2D eigenvalue weighted by Crippen LogP contribution is -1.98. The highest BCUT2D eigenvalue weighted by Gasteiger charge is 2.23. The standard InChI is InChI=1S/C48H60O6S6/c1-7-13-19-43(49)55-37-25-31-32(26-38(37)56-44(50)20-14-8-2)34-28-40(58-46(52)22-16-10-4)42(60-48(54)24-18-12-6)30-36(34)35-29-41(59-47(53)23-17-11-5)39(27-33(31)35)57-45(51)21-15-9-3/h25-30H,7-24H2,1-6H3. The Kier molecular flexibility index (Phi) is 22.2. The largest absolute Gasteiger partial charge is 0.287 e. The van der Waals surface area contributed by atoms with E-state index >= 15 is 0 Å². The third-order valence-corrected chi connectivity index (χ3v) is 16.2. The number of hydrogen-bond acceptors (Lipinski definition) is 12. The minimum atomic E-state index is 0.0323. The molecule has 0 spiro atoms. The Balaban J connectivity index is 2.16. The minimum absolute atomic E-state index is 0.0323. The normalized spacial score (nSPS) is 11.5. The van der Waals surface area contributed by atoms with Crippen LogP contribution in [-0.4, -0.2) is 30.7 Å². The predicted octanol–water partition coefficient (Wildman–Crippen LogP) is 16.0. The number of rotatable bonds is 24. The molecule has 0 aliphatic carbocycles. The van der Waals surface area contributed by atoms with Crippen LogP contribution in [0.1, 0.15) is 157 Å². The van der Waals surface area contributed by atoms with Gasteiger partial charge in [-0.3, -0.25) is 28.8 Å². The summed E-state index contributed by atoms with van der Waals surface area (Å²) in [5, 5.41) is 5.27. The van der Waals surface area contributed by atoms with Crippen LogP contribution in [0, 0.1) is 0 Å². The Labute approximate surface area is 382 Å². The summed E-state index contributed by atoms with van der Waals surface area (Å²) < 4.78 is 0. The molecule has 0 aliphatic heterocycles. The topological polar surface area (TPSA) is 102 Å². The summed E-state index contributed by atoms with van der Waals surface area (Å²) in [4.78, 5) is 84.8. The average Bonchev–Trinajstić information content (AvgIpc) is 3.22. The molecule has 324 valence electrons. The van der Waals surface area contributed by atoms with Crippen LogP contribution in [0.15, 0.2) is 65.8 Å². The SMILES string of the molecule is CCCCC(=O)Sc1cc2c3cc(SC(=O)CCCC)c(SC(=O)CCCC)cc3c3cc(SC(=O)CCCC)c(SC(=O)CCCC)cc3c2cc1SC(=O)CCCC. The van der Waals surface area contributed by atoms with Gasteiger partial charge >= 0.3 is 0 Å². The monoisotopic (exact) mass is 924 g/mol. The van der Waals surface area contributed by atoms with Gasteiger partial charge in [-0.05, 0) is 107 Å². The summed E-state index contributed by atoms with van der Waals surface area (Å²) in [6.45, 7) is 12.3. The zero-order valence-electron chi connectivity index (χ0n) is 36.1. The molecular formula is C48H60O6S6. The van der Waals surface area contributed by atoms with Gasteiger partial charge < -0.3 is 0 Å². The molecular weight excluding hydrogens is 865 g/mol. The highest BCUT2D eigenvalue weighted by atomic mass is 32.2. The molecule has 12 heteroatoms. The Bertz CT molecular complexity index is 1760. The molecule has 4 aromatic carbocycles. The highest BCUT2D eigenvalue weighted by molar-refractivity contribution is 8.17. The smallest absolute Gasteiger partial charge is 0.193 e. The van der Waals surface area contributed by atoms with Crippen LogP contribution < -0.4 is 0 Å². The number of carbonyl (C=O) groups is 6. The van der Waals surface area contributed by atoms with Crippen molar-refractivity contribution >= 4 is 134 Å². The van der Waals surface area contributed by atoms with Crippen LogP contribution >= 0.6 is 70.6 Å². The van der Waals surface area contributed by atoms with Gasteiger partial charge in [-0.1, -0.05) is 151 Å². The van der Waals surface area contributed by atoms with Crippen molar-refractivity contribution in [2.45, 2.75) is 186 Å². The van der Waals surface area contributed by atoms with Gasteiger partial charge in [-0.2, -0.15) is 0 Å². The van der Waals surface area contributed by atoms with E-state index in [4.69, 9.17) is 0 Å². The summed E-state index contributed by atoms with van der Waals surface area (Å²) >= 11 is 7.04. The number of unbranched alkanes of at least 4 members (excludes halogenated alkanes) is 6. The fourth-order valence-electron chi connectivity index (χ4n) is 6.46. The van der Waals surface area contributed by atoms with E-state index in [1.165, 1.54) is 70.6 Å². The number of fused-ring (bicyclic) bond motifs is 6. The molecule has 0 unspecified atom stereocenters. The molecule has 0 aromatic heterocycles. The van der Waals surface area contributed by atoms with Gasteiger partial charge in [0.25, 0.3) is 0 Å². The zero-order valence-corrected chi connectivity index (χ0v) is 41.0. The minimum Gasteiger partial charge on any atom is -0.287 e. The first-order valence-electron chi connectivity index (χ1n) is 21.8. The molecule has 0 heterocycles. The molecule has 0 fully saturated rings. The second kappa shape index (κ2) is 26.4. The molecule has 0 saturated heterocycles. The first kappa shape index (κ1) is 50.4. The van der Waals surface area contributed by atoms with Crippen LogP contribution in [-0.2, 0) is 28.8 Å². The summed E-state index contributed by atoms with van der Waals surface area (Å²) in [7, 11) is 0. The first-order chi connectivity index (χ1) is 29.0. The number of hydrogen-bond donors (Lipinski definition) is 0. The molecule has 0 N–H and O–H groups in total. The second-order valence-corrected chi connectivity index (χ2v) is 21.6. The van der Waals surface area contributed by atoms with Crippen LogP contribution in [0.2, 0.25) is 0 Å². The fraction of sp³-hybridized carbons (Fsp3) is 0.500. The third-order valence-electron chi connectivity index (χ3n) is 9.87. The zero-order chi connectivity index (χ0) is 43.6. The highest BCUT2D eigenvalue weighted by Crippen LogP contribution is 2.48. The van der Waals surface area contributed by atoms with Crippen molar-refractivity contribution in [1.29, 1.82) is 0 Å². The molecule has 4 aromatic rings. The maximum atomic E-state index is 13.4. The van der Waals surface area contributed by atoms with Crippen LogP contribution in [0.3, 0.4) is 0 Å². The first-order valence-corrected chi connectivity index (χ1v) is 26.7. The van der Waals surface area contributed by atoms with E-state index < -0.39 is 0 Å². The molecule has 0 aliphatic rings. The van der Waals surface area contributed by atoms with Gasteiger partial charge in [0.05, 0.1) is 0 Å². The summed E-state index contributed by atoms with van der Waals surface area (Å²) in [5.41, 5.74) is 0. The number of thioether (sulfide) groups is 6. The Morgan fingerprint density at radius 1 is 0.283 bits per heavy atom. The van der Waals surface area contributed by atoms with E-state index in [1.54, 1.807) is 0 Å². The fourth-order valence-corrected chi connectivity index (χ4v) is 12.2. The Morgan fingerprint density at radius 2 is 0.417 bits per heavy atom. The van der Waals surface area contributed by atoms with Crippen molar-refractivity contribution in [2.75, 3.05) is 0 Å². The maximum absolute atomic E-state index is 13.4. The Hall–Kier alpha value is -2.22. The molecule has 6 nitrogen and oxygen atoms in total. The third kappa shape index (κ3) is 15.0. The molecule has 4 rings (SSSR count). The molecule has 0 radical (unpaired) electrons. The predicted molar refractivity (Wildman–Crippen MR) is 261 cm³/mol. The lowest BCUT2D eigenvalue weighted by molar-refractivity contribution is -0.111. The van der Waals surface area contributed by atoms with E-state index in [0.29, 0.717) is 67.9 Å². The summed E-state index contributed by atoms with van der Waals surface area (Å²) in [6, 6.07) is 12.1. The second-order valence-electron chi connectivity index (χ2n) is 15.0. The van der Waals surface area contributed by atoms with E-state index in [2.05, 4.69) is 41.5 Å². The van der Waals surface area contributed by atoms with Crippen molar-refractivity contribution in [3.8, 4) is 0 Å². The van der Waals surface area contributed by atoms with Crippen molar-refractivity contribution in [3.63, 3.8) is 0 Å². The Morgan fingerprint density at radius 3 is 0.533 bits per heavy atom. The number of benzene rings is 4. The quantitative estimate of drug-likeness (QED) is 0.0494. The molecule has 0 atom stereocenters. The van der Waals surface area contributed by atoms with Gasteiger partial charge in [0.15, 0.2) is 30.7 Å². The van der Waals surface area contributed by atoms with Crippen LogP contribution in [0.4, 0.5) is 0 Å². The van der Waals surface area contributed by atoms with Crippen molar-refractivity contribution in [3.05, 3.63) is 36.4 Å². The van der Waals surface area contributed by atoms with Crippen LogP contribution in [0.5, 0.6) is 0 Å². The lowest BCUT2D eigenvalue weighted by atomic mass is 9.94. The average molecular weight is 925 g/mol. The maximum Gasteiger partial charge on any atom is 0.193 e. The van der Waals surface area contributed by atoms with Crippen molar-refractivity contribution in [1.82, 2.24) is 0 Å². The van der Waals surface area contributed by atoms with Gasteiger partial charge in [-0.15, -0.1) is 0 Å². The summed E-state index contributed by atoms with van der Waals surface area (Å²) in [5.74, 6) is 0. The molecule has 0 saturated carbocycles. The van der Waals surface area contributed by atoms with Crippen molar-refractivity contribution < 1.29 is 28.8 Å². The molecule has 60 heavy (non-hydrogen) atoms. The van der Waals surface area contributed by atoms with Gasteiger partial charge in [0.2, 0.25) is 0 Å².